The number of nitrogens with one attached hydrogen (secondary N) is 1. The van der Waals surface area contributed by atoms with Crippen LogP contribution < -0.4 is 5.32 Å². The topological polar surface area (TPSA) is 49.3 Å². The van der Waals surface area contributed by atoms with E-state index in [0.717, 1.165) is 18.9 Å². The lowest BCUT2D eigenvalue weighted by molar-refractivity contribution is -0.139. The maximum Gasteiger partial charge on any atom is 0.416 e. The molecule has 22 heavy (non-hydrogen) atoms. The Morgan fingerprint density at radius 1 is 1.36 bits per heavy atom. The molecular formula is C16H18F3NO2. The standard InChI is InChI=1S/C16H18F3NO2/c17-16(18,19)13-8-4-3-7-12(13)14(21)10-20-15(22)9-11-5-1-2-6-11/h1,3-5,7-8,11,14,21H,2,6,9-10H2,(H,20,22)/t11-,14+/m1/s1. The van der Waals surface area contributed by atoms with Gasteiger partial charge < -0.3 is 10.4 Å². The molecule has 6 heteroatoms. The number of hydrogen-bond donors (Lipinski definition) is 2. The Bertz CT molecular complexity index is 555. The van der Waals surface area contributed by atoms with Crippen molar-refractivity contribution in [1.29, 1.82) is 0 Å². The first-order valence-corrected chi connectivity index (χ1v) is 7.15. The van der Waals surface area contributed by atoms with Crippen molar-refractivity contribution in [3.05, 3.63) is 47.5 Å². The summed E-state index contributed by atoms with van der Waals surface area (Å²) >= 11 is 0. The summed E-state index contributed by atoms with van der Waals surface area (Å²) in [4.78, 5) is 11.7. The van der Waals surface area contributed by atoms with E-state index in [9.17, 15) is 23.1 Å². The summed E-state index contributed by atoms with van der Waals surface area (Å²) < 4.78 is 38.6. The van der Waals surface area contributed by atoms with Gasteiger partial charge in [0.15, 0.2) is 0 Å². The van der Waals surface area contributed by atoms with E-state index >= 15 is 0 Å². The van der Waals surface area contributed by atoms with Crippen molar-refractivity contribution in [2.75, 3.05) is 6.54 Å². The van der Waals surface area contributed by atoms with Crippen LogP contribution in [0.1, 0.15) is 36.5 Å². The average molecular weight is 313 g/mol. The third-order valence-electron chi connectivity index (χ3n) is 3.68. The van der Waals surface area contributed by atoms with Gasteiger partial charge in [0.05, 0.1) is 11.7 Å². The molecule has 120 valence electrons. The van der Waals surface area contributed by atoms with Crippen LogP contribution in [0.5, 0.6) is 0 Å². The van der Waals surface area contributed by atoms with Crippen LogP contribution in [0.15, 0.2) is 36.4 Å². The number of halogens is 3. The summed E-state index contributed by atoms with van der Waals surface area (Å²) in [5.74, 6) is -0.0836. The van der Waals surface area contributed by atoms with Gasteiger partial charge >= 0.3 is 6.18 Å². The molecular weight excluding hydrogens is 295 g/mol. The second-order valence-corrected chi connectivity index (χ2v) is 5.37. The molecule has 2 rings (SSSR count). The van der Waals surface area contributed by atoms with Crippen molar-refractivity contribution in [3.8, 4) is 0 Å². The fraction of sp³-hybridized carbons (Fsp3) is 0.438. The van der Waals surface area contributed by atoms with E-state index in [2.05, 4.69) is 5.32 Å². The normalized spacial score (nSPS) is 19.2. The number of allylic oxidation sites excluding steroid dienone is 2. The van der Waals surface area contributed by atoms with Gasteiger partial charge in [-0.05, 0) is 30.4 Å². The molecule has 0 saturated carbocycles. The number of benzene rings is 1. The predicted molar refractivity (Wildman–Crippen MR) is 75.9 cm³/mol. The van der Waals surface area contributed by atoms with Crippen LogP contribution in [-0.4, -0.2) is 17.6 Å². The molecule has 0 heterocycles. The zero-order valence-electron chi connectivity index (χ0n) is 11.9. The van der Waals surface area contributed by atoms with Gasteiger partial charge in [-0.15, -0.1) is 0 Å². The van der Waals surface area contributed by atoms with E-state index in [1.54, 1.807) is 0 Å². The number of alkyl halides is 3. The SMILES string of the molecule is O=C(C[C@@H]1C=CCC1)NC[C@H](O)c1ccccc1C(F)(F)F. The number of aliphatic hydroxyl groups is 1. The van der Waals surface area contributed by atoms with Crippen LogP contribution >= 0.6 is 0 Å². The minimum absolute atomic E-state index is 0.180. The molecule has 0 radical (unpaired) electrons. The zero-order valence-corrected chi connectivity index (χ0v) is 11.9. The van der Waals surface area contributed by atoms with Crippen molar-refractivity contribution in [1.82, 2.24) is 5.32 Å². The van der Waals surface area contributed by atoms with Crippen LogP contribution in [-0.2, 0) is 11.0 Å². The predicted octanol–water partition coefficient (Wildman–Crippen LogP) is 3.21. The Hall–Kier alpha value is -1.82. The summed E-state index contributed by atoms with van der Waals surface area (Å²) in [6.07, 6.45) is 0.203. The highest BCUT2D eigenvalue weighted by molar-refractivity contribution is 5.76. The Labute approximate surface area is 126 Å². The highest BCUT2D eigenvalue weighted by Crippen LogP contribution is 2.34. The molecule has 0 saturated heterocycles. The quantitative estimate of drug-likeness (QED) is 0.820. The molecule has 3 nitrogen and oxygen atoms in total. The van der Waals surface area contributed by atoms with Crippen molar-refractivity contribution in [2.45, 2.75) is 31.5 Å². The maximum absolute atomic E-state index is 12.9. The largest absolute Gasteiger partial charge is 0.416 e. The zero-order chi connectivity index (χ0) is 16.2. The maximum atomic E-state index is 12.9. The Kier molecular flexibility index (Phi) is 5.24. The third kappa shape index (κ3) is 4.34. The third-order valence-corrected chi connectivity index (χ3v) is 3.68. The number of rotatable bonds is 5. The highest BCUT2D eigenvalue weighted by atomic mass is 19.4. The molecule has 0 unspecified atom stereocenters. The van der Waals surface area contributed by atoms with E-state index < -0.39 is 17.8 Å². The highest BCUT2D eigenvalue weighted by Gasteiger charge is 2.34. The molecule has 0 aromatic heterocycles. The summed E-state index contributed by atoms with van der Waals surface area (Å²) in [7, 11) is 0. The molecule has 1 amide bonds. The fourth-order valence-electron chi connectivity index (χ4n) is 2.54. The molecule has 1 aliphatic rings. The van der Waals surface area contributed by atoms with Crippen molar-refractivity contribution < 1.29 is 23.1 Å². The molecule has 1 aromatic rings. The number of amides is 1. The molecule has 2 N–H and O–H groups in total. The van der Waals surface area contributed by atoms with Gasteiger partial charge in [-0.1, -0.05) is 30.4 Å². The minimum Gasteiger partial charge on any atom is -0.387 e. The molecule has 0 bridgehead atoms. The lowest BCUT2D eigenvalue weighted by atomic mass is 10.0. The Balaban J connectivity index is 1.93. The van der Waals surface area contributed by atoms with Crippen LogP contribution in [0.25, 0.3) is 0 Å². The molecule has 2 atom stereocenters. The lowest BCUT2D eigenvalue weighted by Gasteiger charge is -2.18. The second kappa shape index (κ2) is 6.96. The van der Waals surface area contributed by atoms with Crippen LogP contribution in [0.2, 0.25) is 0 Å². The van der Waals surface area contributed by atoms with Gasteiger partial charge in [-0.2, -0.15) is 13.2 Å². The van der Waals surface area contributed by atoms with E-state index in [1.165, 1.54) is 18.2 Å². The van der Waals surface area contributed by atoms with Gasteiger partial charge in [0.25, 0.3) is 0 Å². The van der Waals surface area contributed by atoms with Gasteiger partial charge in [0, 0.05) is 13.0 Å². The molecule has 0 fully saturated rings. The molecule has 1 aromatic carbocycles. The number of aliphatic hydroxyl groups excluding tert-OH is 1. The smallest absolute Gasteiger partial charge is 0.387 e. The monoisotopic (exact) mass is 313 g/mol. The number of carbonyl (C=O) groups is 1. The summed E-state index contributed by atoms with van der Waals surface area (Å²) in [5, 5.41) is 12.4. The molecule has 1 aliphatic carbocycles. The van der Waals surface area contributed by atoms with E-state index in [0.29, 0.717) is 6.42 Å². The van der Waals surface area contributed by atoms with Gasteiger partial charge in [0.1, 0.15) is 0 Å². The molecule has 0 aliphatic heterocycles. The van der Waals surface area contributed by atoms with Gasteiger partial charge in [0.2, 0.25) is 5.91 Å². The average Bonchev–Trinajstić information content (AvgIpc) is 2.96. The van der Waals surface area contributed by atoms with Gasteiger partial charge in [-0.25, -0.2) is 0 Å². The van der Waals surface area contributed by atoms with Gasteiger partial charge in [-0.3, -0.25) is 4.79 Å². The first kappa shape index (κ1) is 16.5. The van der Waals surface area contributed by atoms with Crippen molar-refractivity contribution in [3.63, 3.8) is 0 Å². The summed E-state index contributed by atoms with van der Waals surface area (Å²) in [5.41, 5.74) is -1.11. The van der Waals surface area contributed by atoms with Crippen LogP contribution in [0.3, 0.4) is 0 Å². The molecule has 0 spiro atoms. The van der Waals surface area contributed by atoms with E-state index in [4.69, 9.17) is 0 Å². The second-order valence-electron chi connectivity index (χ2n) is 5.37. The van der Waals surface area contributed by atoms with E-state index in [-0.39, 0.29) is 23.9 Å². The number of hydrogen-bond acceptors (Lipinski definition) is 2. The first-order chi connectivity index (χ1) is 10.4. The summed E-state index contributed by atoms with van der Waals surface area (Å²) in [6, 6.07) is 4.84. The van der Waals surface area contributed by atoms with Crippen molar-refractivity contribution >= 4 is 5.91 Å². The van der Waals surface area contributed by atoms with E-state index in [1.807, 2.05) is 12.2 Å². The number of carbonyl (C=O) groups excluding carboxylic acids is 1. The fourth-order valence-corrected chi connectivity index (χ4v) is 2.54. The van der Waals surface area contributed by atoms with Crippen LogP contribution in [0.4, 0.5) is 13.2 Å². The van der Waals surface area contributed by atoms with Crippen molar-refractivity contribution in [2.24, 2.45) is 5.92 Å². The minimum atomic E-state index is -4.53. The Morgan fingerprint density at radius 3 is 2.73 bits per heavy atom. The summed E-state index contributed by atoms with van der Waals surface area (Å²) in [6.45, 7) is -0.234. The first-order valence-electron chi connectivity index (χ1n) is 7.15. The lowest BCUT2D eigenvalue weighted by Crippen LogP contribution is -2.30. The van der Waals surface area contributed by atoms with Crippen LogP contribution in [0, 0.1) is 5.92 Å². The Morgan fingerprint density at radius 2 is 2.09 bits per heavy atom.